The number of amides is 1. The number of nitrogens with one attached hydrogen (secondary N) is 1. The van der Waals surface area contributed by atoms with Crippen LogP contribution in [0.4, 0.5) is 5.69 Å². The third kappa shape index (κ3) is 3.68. The van der Waals surface area contributed by atoms with Gasteiger partial charge in [0.2, 0.25) is 5.91 Å². The predicted octanol–water partition coefficient (Wildman–Crippen LogP) is 3.70. The highest BCUT2D eigenvalue weighted by Crippen LogP contribution is 2.23. The van der Waals surface area contributed by atoms with Crippen LogP contribution in [0.25, 0.3) is 0 Å². The highest BCUT2D eigenvalue weighted by molar-refractivity contribution is 7.98. The molecule has 3 nitrogen and oxygen atoms in total. The van der Waals surface area contributed by atoms with E-state index in [-0.39, 0.29) is 0 Å². The SMILES string of the molecule is CSc1ccc(C(Nc2ccc(Cl)cc2)C(N)=O)cc1. The number of rotatable bonds is 5. The summed E-state index contributed by atoms with van der Waals surface area (Å²) in [5.74, 6) is -0.420. The van der Waals surface area contributed by atoms with Gasteiger partial charge in [-0.25, -0.2) is 0 Å². The number of hydrogen-bond donors (Lipinski definition) is 2. The van der Waals surface area contributed by atoms with Crippen LogP contribution >= 0.6 is 23.4 Å². The van der Waals surface area contributed by atoms with Crippen LogP contribution in [0.15, 0.2) is 53.4 Å². The first-order valence-corrected chi connectivity index (χ1v) is 7.66. The topological polar surface area (TPSA) is 55.1 Å². The monoisotopic (exact) mass is 306 g/mol. The van der Waals surface area contributed by atoms with Crippen LogP contribution in [-0.4, -0.2) is 12.2 Å². The molecule has 0 saturated heterocycles. The molecule has 0 aromatic heterocycles. The highest BCUT2D eigenvalue weighted by Gasteiger charge is 2.17. The van der Waals surface area contributed by atoms with Crippen LogP contribution < -0.4 is 11.1 Å². The second-order valence-corrected chi connectivity index (χ2v) is 5.58. The van der Waals surface area contributed by atoms with Crippen molar-refractivity contribution in [2.45, 2.75) is 10.9 Å². The Labute approximate surface area is 127 Å². The van der Waals surface area contributed by atoms with E-state index in [1.165, 1.54) is 0 Å². The summed E-state index contributed by atoms with van der Waals surface area (Å²) in [6, 6.07) is 14.3. The molecule has 104 valence electrons. The maximum absolute atomic E-state index is 11.7. The van der Waals surface area contributed by atoms with Crippen LogP contribution in [-0.2, 0) is 4.79 Å². The van der Waals surface area contributed by atoms with Crippen molar-refractivity contribution >= 4 is 35.0 Å². The van der Waals surface area contributed by atoms with Crippen molar-refractivity contribution in [1.82, 2.24) is 0 Å². The zero-order valence-corrected chi connectivity index (χ0v) is 12.5. The van der Waals surface area contributed by atoms with Gasteiger partial charge in [0.15, 0.2) is 0 Å². The first kappa shape index (κ1) is 14.8. The Morgan fingerprint density at radius 1 is 1.15 bits per heavy atom. The van der Waals surface area contributed by atoms with Crippen molar-refractivity contribution in [3.05, 3.63) is 59.1 Å². The molecule has 2 aromatic carbocycles. The number of primary amides is 1. The molecule has 1 amide bonds. The normalized spacial score (nSPS) is 11.9. The number of hydrogen-bond acceptors (Lipinski definition) is 3. The molecule has 1 unspecified atom stereocenters. The summed E-state index contributed by atoms with van der Waals surface area (Å²) in [5, 5.41) is 3.77. The molecule has 0 heterocycles. The highest BCUT2D eigenvalue weighted by atomic mass is 35.5. The molecule has 2 aromatic rings. The third-order valence-corrected chi connectivity index (χ3v) is 3.88. The van der Waals surface area contributed by atoms with Gasteiger partial charge >= 0.3 is 0 Å². The maximum Gasteiger partial charge on any atom is 0.244 e. The second kappa shape index (κ2) is 6.68. The van der Waals surface area contributed by atoms with E-state index in [4.69, 9.17) is 17.3 Å². The van der Waals surface area contributed by atoms with Crippen LogP contribution in [0.2, 0.25) is 5.02 Å². The minimum absolute atomic E-state index is 0.420. The van der Waals surface area contributed by atoms with Gasteiger partial charge < -0.3 is 11.1 Å². The van der Waals surface area contributed by atoms with Crippen molar-refractivity contribution in [1.29, 1.82) is 0 Å². The molecule has 0 aliphatic heterocycles. The van der Waals surface area contributed by atoms with Gasteiger partial charge in [-0.3, -0.25) is 4.79 Å². The number of thioether (sulfide) groups is 1. The summed E-state index contributed by atoms with van der Waals surface area (Å²) < 4.78 is 0. The average molecular weight is 307 g/mol. The molecule has 0 aliphatic rings. The average Bonchev–Trinajstić information content (AvgIpc) is 2.46. The van der Waals surface area contributed by atoms with Crippen LogP contribution in [0.5, 0.6) is 0 Å². The molecule has 1 atom stereocenters. The summed E-state index contributed by atoms with van der Waals surface area (Å²) in [4.78, 5) is 12.8. The molecule has 2 rings (SSSR count). The molecule has 0 saturated carbocycles. The fourth-order valence-corrected chi connectivity index (χ4v) is 2.36. The van der Waals surface area contributed by atoms with Crippen molar-refractivity contribution in [2.24, 2.45) is 5.73 Å². The summed E-state index contributed by atoms with van der Waals surface area (Å²) in [7, 11) is 0. The predicted molar refractivity (Wildman–Crippen MR) is 85.2 cm³/mol. The first-order valence-electron chi connectivity index (χ1n) is 6.05. The third-order valence-electron chi connectivity index (χ3n) is 2.89. The standard InChI is InChI=1S/C15H15ClN2OS/c1-20-13-8-2-10(3-9-13)14(15(17)19)18-12-6-4-11(16)5-7-12/h2-9,14,18H,1H3,(H2,17,19). The van der Waals surface area contributed by atoms with E-state index in [0.29, 0.717) is 5.02 Å². The smallest absolute Gasteiger partial charge is 0.244 e. The van der Waals surface area contributed by atoms with Crippen LogP contribution in [0.3, 0.4) is 0 Å². The lowest BCUT2D eigenvalue weighted by Crippen LogP contribution is -2.27. The van der Waals surface area contributed by atoms with Crippen molar-refractivity contribution in [3.63, 3.8) is 0 Å². The van der Waals surface area contributed by atoms with Crippen LogP contribution in [0.1, 0.15) is 11.6 Å². The van der Waals surface area contributed by atoms with E-state index < -0.39 is 11.9 Å². The Morgan fingerprint density at radius 2 is 1.75 bits per heavy atom. The molecule has 20 heavy (non-hydrogen) atoms. The summed E-state index contributed by atoms with van der Waals surface area (Å²) in [5.41, 5.74) is 7.12. The molecule has 0 fully saturated rings. The summed E-state index contributed by atoms with van der Waals surface area (Å²) >= 11 is 7.49. The van der Waals surface area contributed by atoms with Gasteiger partial charge in [-0.2, -0.15) is 0 Å². The molecule has 5 heteroatoms. The maximum atomic E-state index is 11.7. The van der Waals surface area contributed by atoms with Gasteiger partial charge in [0.25, 0.3) is 0 Å². The fourth-order valence-electron chi connectivity index (χ4n) is 1.83. The number of anilines is 1. The molecule has 0 bridgehead atoms. The van der Waals surface area contributed by atoms with Gasteiger partial charge in [-0.15, -0.1) is 11.8 Å². The summed E-state index contributed by atoms with van der Waals surface area (Å²) in [6.45, 7) is 0. The van der Waals surface area contributed by atoms with E-state index in [9.17, 15) is 4.79 Å². The van der Waals surface area contributed by atoms with Crippen molar-refractivity contribution in [3.8, 4) is 0 Å². The van der Waals surface area contributed by atoms with Crippen LogP contribution in [0, 0.1) is 0 Å². The first-order chi connectivity index (χ1) is 9.60. The van der Waals surface area contributed by atoms with E-state index in [1.54, 1.807) is 23.9 Å². The Morgan fingerprint density at radius 3 is 2.25 bits per heavy atom. The van der Waals surface area contributed by atoms with E-state index in [1.807, 2.05) is 42.7 Å². The van der Waals surface area contributed by atoms with Gasteiger partial charge in [0.05, 0.1) is 0 Å². The largest absolute Gasteiger partial charge is 0.370 e. The number of halogens is 1. The molecule has 3 N–H and O–H groups in total. The fraction of sp³-hybridized carbons (Fsp3) is 0.133. The van der Waals surface area contributed by atoms with Gasteiger partial charge in [-0.05, 0) is 48.2 Å². The number of nitrogens with two attached hydrogens (primary N) is 1. The number of carbonyl (C=O) groups is 1. The lowest BCUT2D eigenvalue weighted by atomic mass is 10.1. The zero-order chi connectivity index (χ0) is 14.5. The summed E-state index contributed by atoms with van der Waals surface area (Å²) in [6.07, 6.45) is 2.01. The lowest BCUT2D eigenvalue weighted by molar-refractivity contribution is -0.118. The Balaban J connectivity index is 2.22. The Hall–Kier alpha value is -1.65. The molecular weight excluding hydrogens is 292 g/mol. The van der Waals surface area contributed by atoms with Gasteiger partial charge in [0.1, 0.15) is 6.04 Å². The number of benzene rings is 2. The lowest BCUT2D eigenvalue weighted by Gasteiger charge is -2.17. The minimum Gasteiger partial charge on any atom is -0.370 e. The molecule has 0 aliphatic carbocycles. The van der Waals surface area contributed by atoms with E-state index in [2.05, 4.69) is 5.32 Å². The van der Waals surface area contributed by atoms with Crippen molar-refractivity contribution < 1.29 is 4.79 Å². The van der Waals surface area contributed by atoms with Gasteiger partial charge in [-0.1, -0.05) is 23.7 Å². The quantitative estimate of drug-likeness (QED) is 0.828. The molecule has 0 radical (unpaired) electrons. The Kier molecular flexibility index (Phi) is 4.93. The molecular formula is C15H15ClN2OS. The molecule has 0 spiro atoms. The van der Waals surface area contributed by atoms with Crippen molar-refractivity contribution in [2.75, 3.05) is 11.6 Å². The minimum atomic E-state index is -0.563. The number of carbonyl (C=O) groups excluding carboxylic acids is 1. The second-order valence-electron chi connectivity index (χ2n) is 4.26. The van der Waals surface area contributed by atoms with Gasteiger partial charge in [0, 0.05) is 15.6 Å². The zero-order valence-electron chi connectivity index (χ0n) is 11.0. The van der Waals surface area contributed by atoms with E-state index in [0.717, 1.165) is 16.1 Å². The Bertz CT molecular complexity index is 584. The van der Waals surface area contributed by atoms with E-state index >= 15 is 0 Å².